The van der Waals surface area contributed by atoms with E-state index in [1.54, 1.807) is 35.7 Å². The zero-order chi connectivity index (χ0) is 65.4. The van der Waals surface area contributed by atoms with Crippen LogP contribution in [0.25, 0.3) is 0 Å². The van der Waals surface area contributed by atoms with Gasteiger partial charge in [0, 0.05) is 75.9 Å². The Labute approximate surface area is 525 Å². The molecule has 0 spiro atoms. The summed E-state index contributed by atoms with van der Waals surface area (Å²) in [5.74, 6) is -8.00. The Morgan fingerprint density at radius 1 is 0.644 bits per heavy atom. The van der Waals surface area contributed by atoms with Gasteiger partial charge in [0.05, 0.1) is 25.8 Å². The topological polar surface area (TPSA) is 498 Å². The van der Waals surface area contributed by atoms with Crippen molar-refractivity contribution >= 4 is 88.3 Å². The zero-order valence-corrected chi connectivity index (χ0v) is 51.4. The number of carboxylic acids is 1. The first-order chi connectivity index (χ1) is 43.0. The lowest BCUT2D eigenvalue weighted by atomic mass is 9.90. The fraction of sp³-hybridized carbons (Fsp3) is 0.603. The van der Waals surface area contributed by atoms with Crippen molar-refractivity contribution in [2.75, 3.05) is 52.4 Å². The maximum Gasteiger partial charge on any atom is 0.326 e. The molecule has 9 amide bonds. The molecule has 494 valence electrons. The molecule has 3 fully saturated rings. The van der Waals surface area contributed by atoms with Crippen molar-refractivity contribution in [2.24, 2.45) is 49.4 Å². The van der Waals surface area contributed by atoms with Gasteiger partial charge in [-0.2, -0.15) is 0 Å². The number of benzene rings is 1. The number of thiophene rings is 1. The fourth-order valence-electron chi connectivity index (χ4n) is 11.7. The number of nitrogens with zero attached hydrogens (tertiary/aromatic N) is 7. The highest BCUT2D eigenvalue weighted by Gasteiger charge is 2.47. The molecule has 6 rings (SSSR count). The minimum Gasteiger partial charge on any atom is -0.480 e. The van der Waals surface area contributed by atoms with E-state index >= 15 is 4.79 Å². The van der Waals surface area contributed by atoms with Gasteiger partial charge in [-0.1, -0.05) is 49.6 Å². The second-order valence-corrected chi connectivity index (χ2v) is 23.9. The molecular weight excluding hydrogens is 1190 g/mol. The number of nitrogens with two attached hydrogens (primary N) is 6. The van der Waals surface area contributed by atoms with E-state index in [2.05, 4.69) is 41.6 Å². The van der Waals surface area contributed by atoms with Crippen LogP contribution in [-0.4, -0.2) is 219 Å². The molecule has 20 N–H and O–H groups in total. The third-order valence-electron chi connectivity index (χ3n) is 16.2. The van der Waals surface area contributed by atoms with Gasteiger partial charge in [0.25, 0.3) is 0 Å². The van der Waals surface area contributed by atoms with Crippen molar-refractivity contribution in [1.82, 2.24) is 46.2 Å². The van der Waals surface area contributed by atoms with Crippen LogP contribution >= 0.6 is 11.3 Å². The smallest absolute Gasteiger partial charge is 0.326 e. The standard InChI is InChI=1S/C58H88N18O13S/c59-56(60)65-21-7-6-20-46(79)69-39(17-8-22-66-57(61)62)51(84)73-24-10-19-43(73)53(86)76-31-37(78)27-44(76)50(83)68-29-47(80)71-41(28-38-16-11-25-90-38)49(82)72-42(33-77)52(85)75-30-35-13-5-4-12-34(35)26-45(75)54(87)74(36-14-2-1-3-15-36)32-48(81)70-40(55(88)89)18-9-23-67-58(63)64/h4-5,11-13,16,25,36-37,39-45,77-78H,1-3,6-10,14-15,17-24,26-33H2,(H,68,83)(H,69,79)(H,70,81)(H,71,80)(H,72,82)(H,88,89)(H4,59,60,65)(H4,61,62,66)(H4,63,64,67)/t37-,39+,40+,41+,42+,43+,44+,45-/m1/s1. The third-order valence-corrected chi connectivity index (χ3v) is 17.1. The first-order valence-electron chi connectivity index (χ1n) is 30.5. The van der Waals surface area contributed by atoms with Crippen LogP contribution in [0.4, 0.5) is 0 Å². The summed E-state index contributed by atoms with van der Waals surface area (Å²) in [4.78, 5) is 158. The summed E-state index contributed by atoms with van der Waals surface area (Å²) in [7, 11) is 0. The molecule has 1 aromatic heterocycles. The van der Waals surface area contributed by atoms with E-state index in [-0.39, 0.29) is 102 Å². The summed E-state index contributed by atoms with van der Waals surface area (Å²) >= 11 is 1.27. The number of nitrogens with one attached hydrogen (secondary N) is 5. The molecule has 1 saturated carbocycles. The zero-order valence-electron chi connectivity index (χ0n) is 50.5. The van der Waals surface area contributed by atoms with Gasteiger partial charge >= 0.3 is 5.97 Å². The number of aliphatic hydroxyl groups excluding tert-OH is 2. The number of guanidine groups is 3. The van der Waals surface area contributed by atoms with Crippen molar-refractivity contribution in [3.05, 3.63) is 57.8 Å². The SMILES string of the molecule is NC(N)=NCCCCC(=O)N[C@@H](CCCN=C(N)N)C(=O)N1CCC[C@H]1C(=O)N1C[C@H](O)C[C@H]1C(=O)NCC(=O)N[C@@H](Cc1cccs1)C(=O)N[C@@H](CO)C(=O)N1Cc2ccccc2C[C@@H]1C(=O)N(CC(=O)N[C@@H](CCCN=C(N)N)C(=O)O)C1CCCCC1. The lowest BCUT2D eigenvalue weighted by Gasteiger charge is -2.42. The van der Waals surface area contributed by atoms with Crippen LogP contribution in [0.1, 0.15) is 112 Å². The summed E-state index contributed by atoms with van der Waals surface area (Å²) < 4.78 is 0. The summed E-state index contributed by atoms with van der Waals surface area (Å²) in [5.41, 5.74) is 34.0. The molecule has 4 heterocycles. The van der Waals surface area contributed by atoms with E-state index in [0.717, 1.165) is 24.8 Å². The number of hydrogen-bond donors (Lipinski definition) is 14. The predicted molar refractivity (Wildman–Crippen MR) is 332 cm³/mol. The number of likely N-dealkylation sites (tertiary alicyclic amines) is 2. The lowest BCUT2D eigenvalue weighted by Crippen LogP contribution is -2.62. The van der Waals surface area contributed by atoms with E-state index in [9.17, 15) is 58.5 Å². The predicted octanol–water partition coefficient (Wildman–Crippen LogP) is -3.96. The van der Waals surface area contributed by atoms with Crippen molar-refractivity contribution in [1.29, 1.82) is 0 Å². The highest BCUT2D eigenvalue weighted by Crippen LogP contribution is 2.30. The quantitative estimate of drug-likeness (QED) is 0.0189. The second kappa shape index (κ2) is 34.9. The molecule has 0 radical (unpaired) electrons. The Kier molecular flexibility index (Phi) is 27.3. The highest BCUT2D eigenvalue weighted by atomic mass is 32.1. The van der Waals surface area contributed by atoms with Crippen molar-refractivity contribution < 1.29 is 63.3 Å². The number of unbranched alkanes of at least 4 members (excludes halogenated alkanes) is 1. The van der Waals surface area contributed by atoms with Crippen LogP contribution in [0.15, 0.2) is 56.8 Å². The van der Waals surface area contributed by atoms with E-state index in [0.29, 0.717) is 55.5 Å². The Morgan fingerprint density at radius 3 is 1.90 bits per heavy atom. The van der Waals surface area contributed by atoms with Gasteiger partial charge in [-0.05, 0) is 86.8 Å². The van der Waals surface area contributed by atoms with Crippen LogP contribution in [0, 0.1) is 0 Å². The number of carbonyl (C=O) groups excluding carboxylic acids is 9. The van der Waals surface area contributed by atoms with Crippen LogP contribution in [0.3, 0.4) is 0 Å². The number of aliphatic imine (C=N–C) groups is 3. The van der Waals surface area contributed by atoms with E-state index in [1.165, 1.54) is 30.9 Å². The Balaban J connectivity index is 1.13. The molecule has 2 saturated heterocycles. The molecular formula is C58H88N18O13S. The van der Waals surface area contributed by atoms with Gasteiger partial charge < -0.3 is 95.9 Å². The van der Waals surface area contributed by atoms with Crippen molar-refractivity contribution in [2.45, 2.75) is 170 Å². The number of hydrogen-bond acceptors (Lipinski definition) is 16. The van der Waals surface area contributed by atoms with Crippen LogP contribution < -0.4 is 61.0 Å². The molecule has 0 bridgehead atoms. The van der Waals surface area contributed by atoms with Gasteiger partial charge in [0.15, 0.2) is 17.9 Å². The second-order valence-electron chi connectivity index (χ2n) is 22.9. The van der Waals surface area contributed by atoms with Crippen LogP contribution in [0.2, 0.25) is 0 Å². The average Bonchev–Trinajstić information content (AvgIpc) is 2.22. The van der Waals surface area contributed by atoms with Gasteiger partial charge in [-0.3, -0.25) is 58.1 Å². The summed E-state index contributed by atoms with van der Waals surface area (Å²) in [5, 5.41) is 46.5. The van der Waals surface area contributed by atoms with Crippen molar-refractivity contribution in [3.8, 4) is 0 Å². The molecule has 32 heteroatoms. The summed E-state index contributed by atoms with van der Waals surface area (Å²) in [6, 6.07) is 1.13. The van der Waals surface area contributed by atoms with Gasteiger partial charge in [-0.25, -0.2) is 4.79 Å². The monoisotopic (exact) mass is 1280 g/mol. The van der Waals surface area contributed by atoms with Crippen molar-refractivity contribution in [3.63, 3.8) is 0 Å². The first kappa shape index (κ1) is 70.4. The molecule has 2 aromatic rings. The number of aliphatic hydroxyl groups is 2. The normalized spacial score (nSPS) is 19.3. The number of amides is 9. The number of aliphatic carboxylic acids is 1. The molecule has 0 unspecified atom stereocenters. The maximum atomic E-state index is 15.1. The number of carboxylic acid groups (broad SMARTS) is 1. The van der Waals surface area contributed by atoms with E-state index in [4.69, 9.17) is 34.4 Å². The minimum atomic E-state index is -1.66. The minimum absolute atomic E-state index is 0.00409. The Morgan fingerprint density at radius 2 is 1.27 bits per heavy atom. The lowest BCUT2D eigenvalue weighted by molar-refractivity contribution is -0.152. The molecule has 1 aliphatic carbocycles. The molecule has 4 aliphatic rings. The van der Waals surface area contributed by atoms with E-state index in [1.807, 2.05) is 6.07 Å². The van der Waals surface area contributed by atoms with Gasteiger partial charge in [0.1, 0.15) is 42.3 Å². The summed E-state index contributed by atoms with van der Waals surface area (Å²) in [6.45, 7) is -1.80. The number of fused-ring (bicyclic) bond motifs is 1. The number of carbonyl (C=O) groups is 10. The molecule has 90 heavy (non-hydrogen) atoms. The van der Waals surface area contributed by atoms with E-state index < -0.39 is 133 Å². The largest absolute Gasteiger partial charge is 0.480 e. The molecule has 8 atom stereocenters. The molecule has 3 aliphatic heterocycles. The Hall–Kier alpha value is -8.65. The number of β-amino-alcohol motifs (C(OH)–C–C–N with tert-alkyl or cyclic N) is 1. The van der Waals surface area contributed by atoms with Gasteiger partial charge in [0.2, 0.25) is 53.2 Å². The Bertz CT molecular complexity index is 2910. The summed E-state index contributed by atoms with van der Waals surface area (Å²) in [6.07, 6.45) is 4.34. The molecule has 1 aromatic carbocycles. The third kappa shape index (κ3) is 21.0. The van der Waals surface area contributed by atoms with Crippen LogP contribution in [0.5, 0.6) is 0 Å². The first-order valence-corrected chi connectivity index (χ1v) is 31.4. The fourth-order valence-corrected chi connectivity index (χ4v) is 12.5. The maximum absolute atomic E-state index is 15.1. The van der Waals surface area contributed by atoms with Gasteiger partial charge in [-0.15, -0.1) is 11.3 Å². The average molecular weight is 1280 g/mol. The van der Waals surface area contributed by atoms with Crippen LogP contribution in [-0.2, 0) is 67.3 Å². The highest BCUT2D eigenvalue weighted by molar-refractivity contribution is 7.09. The molecule has 31 nitrogen and oxygen atoms in total. The number of rotatable bonds is 32.